The normalized spacial score (nSPS) is 12.9. The smallest absolute Gasteiger partial charge is 0.225 e. The van der Waals surface area contributed by atoms with Gasteiger partial charge in [0.1, 0.15) is 5.82 Å². The minimum atomic E-state index is -0.397. The van der Waals surface area contributed by atoms with Crippen LogP contribution in [-0.2, 0) is 0 Å². The van der Waals surface area contributed by atoms with Crippen LogP contribution < -0.4 is 5.73 Å². The van der Waals surface area contributed by atoms with Crippen LogP contribution in [0.25, 0.3) is 0 Å². The monoisotopic (exact) mass is 249 g/mol. The van der Waals surface area contributed by atoms with Crippen molar-refractivity contribution in [3.8, 4) is 0 Å². The van der Waals surface area contributed by atoms with Crippen LogP contribution in [0.1, 0.15) is 43.0 Å². The largest absolute Gasteiger partial charge is 0.424 e. The summed E-state index contributed by atoms with van der Waals surface area (Å²) in [6.45, 7) is 4.14. The van der Waals surface area contributed by atoms with E-state index in [0.717, 1.165) is 0 Å². The number of hydrogen-bond donors (Lipinski definition) is 1. The van der Waals surface area contributed by atoms with Gasteiger partial charge in [-0.2, -0.15) is 0 Å². The Hall–Kier alpha value is -1.75. The first-order valence-electron chi connectivity index (χ1n) is 5.91. The second-order valence-corrected chi connectivity index (χ2v) is 4.44. The molecule has 2 rings (SSSR count). The van der Waals surface area contributed by atoms with Crippen LogP contribution in [-0.4, -0.2) is 16.7 Å². The number of halogens is 1. The van der Waals surface area contributed by atoms with Gasteiger partial charge in [-0.05, 0) is 6.07 Å². The van der Waals surface area contributed by atoms with Crippen molar-refractivity contribution in [2.24, 2.45) is 5.73 Å². The molecule has 1 aromatic heterocycles. The van der Waals surface area contributed by atoms with Crippen LogP contribution in [0.5, 0.6) is 0 Å². The summed E-state index contributed by atoms with van der Waals surface area (Å²) in [6, 6.07) is 6.49. The highest BCUT2D eigenvalue weighted by Crippen LogP contribution is 2.26. The maximum absolute atomic E-state index is 13.7. The van der Waals surface area contributed by atoms with Crippen molar-refractivity contribution < 1.29 is 8.81 Å². The van der Waals surface area contributed by atoms with Crippen LogP contribution in [0.2, 0.25) is 0 Å². The number of hydrogen-bond acceptors (Lipinski definition) is 4. The molecule has 0 amide bonds. The van der Waals surface area contributed by atoms with Gasteiger partial charge in [0.2, 0.25) is 11.8 Å². The fourth-order valence-electron chi connectivity index (χ4n) is 1.74. The van der Waals surface area contributed by atoms with Gasteiger partial charge in [-0.3, -0.25) is 0 Å². The van der Waals surface area contributed by atoms with E-state index in [2.05, 4.69) is 10.2 Å². The fourth-order valence-corrected chi connectivity index (χ4v) is 1.74. The molecule has 1 unspecified atom stereocenters. The van der Waals surface area contributed by atoms with Gasteiger partial charge < -0.3 is 10.2 Å². The molecule has 18 heavy (non-hydrogen) atoms. The van der Waals surface area contributed by atoms with Gasteiger partial charge in [-0.25, -0.2) is 4.39 Å². The summed E-state index contributed by atoms with van der Waals surface area (Å²) in [6.07, 6.45) is 0. The summed E-state index contributed by atoms with van der Waals surface area (Å²) < 4.78 is 19.3. The van der Waals surface area contributed by atoms with Crippen molar-refractivity contribution in [1.29, 1.82) is 0 Å². The predicted octanol–water partition coefficient (Wildman–Crippen LogP) is 2.42. The lowest BCUT2D eigenvalue weighted by atomic mass is 9.99. The molecule has 0 saturated heterocycles. The van der Waals surface area contributed by atoms with Gasteiger partial charge in [0, 0.05) is 18.0 Å². The molecule has 0 aliphatic carbocycles. The van der Waals surface area contributed by atoms with E-state index in [1.54, 1.807) is 18.2 Å². The molecule has 1 heterocycles. The standard InChI is InChI=1S/C13H16FN3O/c1-8(2)12-16-17-13(18-12)10(7-15)9-5-3-4-6-11(9)14/h3-6,8,10H,7,15H2,1-2H3. The lowest BCUT2D eigenvalue weighted by Gasteiger charge is -2.11. The molecule has 5 heteroatoms. The van der Waals surface area contributed by atoms with Gasteiger partial charge in [-0.1, -0.05) is 32.0 Å². The zero-order valence-electron chi connectivity index (χ0n) is 10.4. The van der Waals surface area contributed by atoms with Crippen molar-refractivity contribution in [3.63, 3.8) is 0 Å². The van der Waals surface area contributed by atoms with Crippen LogP contribution in [0.3, 0.4) is 0 Å². The molecule has 0 fully saturated rings. The lowest BCUT2D eigenvalue weighted by molar-refractivity contribution is 0.414. The van der Waals surface area contributed by atoms with Crippen molar-refractivity contribution >= 4 is 0 Å². The molecule has 1 aromatic carbocycles. The van der Waals surface area contributed by atoms with Gasteiger partial charge in [-0.15, -0.1) is 10.2 Å². The first-order chi connectivity index (χ1) is 8.63. The Bertz CT molecular complexity index is 524. The molecule has 0 saturated carbocycles. The molecule has 0 aliphatic heterocycles. The van der Waals surface area contributed by atoms with Crippen LogP contribution in [0.4, 0.5) is 4.39 Å². The van der Waals surface area contributed by atoms with E-state index in [1.807, 2.05) is 13.8 Å². The molecule has 96 valence electrons. The highest BCUT2D eigenvalue weighted by molar-refractivity contribution is 5.26. The first kappa shape index (κ1) is 12.7. The molecule has 2 N–H and O–H groups in total. The van der Waals surface area contributed by atoms with Crippen LogP contribution in [0.15, 0.2) is 28.7 Å². The summed E-state index contributed by atoms with van der Waals surface area (Å²) in [5.41, 5.74) is 6.18. The summed E-state index contributed by atoms with van der Waals surface area (Å²) in [5.74, 6) is 0.347. The molecule has 0 spiro atoms. The Kier molecular flexibility index (Phi) is 3.72. The van der Waals surface area contributed by atoms with Crippen molar-refractivity contribution in [3.05, 3.63) is 47.4 Å². The fraction of sp³-hybridized carbons (Fsp3) is 0.385. The highest BCUT2D eigenvalue weighted by Gasteiger charge is 2.22. The number of nitrogens with two attached hydrogens (primary N) is 1. The van der Waals surface area contributed by atoms with Crippen molar-refractivity contribution in [2.75, 3.05) is 6.54 Å². The third-order valence-electron chi connectivity index (χ3n) is 2.76. The maximum Gasteiger partial charge on any atom is 0.225 e. The second-order valence-electron chi connectivity index (χ2n) is 4.44. The number of benzene rings is 1. The molecule has 0 aliphatic rings. The second kappa shape index (κ2) is 5.27. The van der Waals surface area contributed by atoms with Gasteiger partial charge in [0.15, 0.2) is 0 Å². The van der Waals surface area contributed by atoms with Crippen LogP contribution in [0, 0.1) is 5.82 Å². The molecule has 4 nitrogen and oxygen atoms in total. The Balaban J connectivity index is 2.36. The average molecular weight is 249 g/mol. The van der Waals surface area contributed by atoms with Crippen LogP contribution >= 0.6 is 0 Å². The van der Waals surface area contributed by atoms with Gasteiger partial charge in [0.25, 0.3) is 0 Å². The molecule has 2 aromatic rings. The summed E-state index contributed by atoms with van der Waals surface area (Å²) >= 11 is 0. The maximum atomic E-state index is 13.7. The van der Waals surface area contributed by atoms with E-state index >= 15 is 0 Å². The Labute approximate surface area is 105 Å². The van der Waals surface area contributed by atoms with Gasteiger partial charge >= 0.3 is 0 Å². The lowest BCUT2D eigenvalue weighted by Crippen LogP contribution is -2.15. The molecular formula is C13H16FN3O. The summed E-state index contributed by atoms with van der Waals surface area (Å²) in [7, 11) is 0. The predicted molar refractivity (Wildman–Crippen MR) is 65.7 cm³/mol. The average Bonchev–Trinajstić information content (AvgIpc) is 2.82. The highest BCUT2D eigenvalue weighted by atomic mass is 19.1. The van der Waals surface area contributed by atoms with Gasteiger partial charge in [0.05, 0.1) is 5.92 Å². The number of aromatic nitrogens is 2. The van der Waals surface area contributed by atoms with Crippen molar-refractivity contribution in [1.82, 2.24) is 10.2 Å². The summed E-state index contributed by atoms with van der Waals surface area (Å²) in [4.78, 5) is 0. The quantitative estimate of drug-likeness (QED) is 0.903. The van der Waals surface area contributed by atoms with E-state index in [4.69, 9.17) is 10.2 Å². The number of nitrogens with zero attached hydrogens (tertiary/aromatic N) is 2. The topological polar surface area (TPSA) is 64.9 Å². The molecule has 0 bridgehead atoms. The number of rotatable bonds is 4. The van der Waals surface area contributed by atoms with E-state index in [0.29, 0.717) is 17.3 Å². The Morgan fingerprint density at radius 3 is 2.44 bits per heavy atom. The van der Waals surface area contributed by atoms with Crippen molar-refractivity contribution in [2.45, 2.75) is 25.7 Å². The van der Waals surface area contributed by atoms with E-state index in [9.17, 15) is 4.39 Å². The minimum absolute atomic E-state index is 0.144. The Morgan fingerprint density at radius 2 is 1.89 bits per heavy atom. The van der Waals surface area contributed by atoms with E-state index in [1.165, 1.54) is 6.07 Å². The third kappa shape index (κ3) is 2.41. The first-order valence-corrected chi connectivity index (χ1v) is 5.91. The zero-order chi connectivity index (χ0) is 13.1. The van der Waals surface area contributed by atoms with E-state index in [-0.39, 0.29) is 18.3 Å². The molecular weight excluding hydrogens is 233 g/mol. The third-order valence-corrected chi connectivity index (χ3v) is 2.76. The molecule has 1 atom stereocenters. The molecule has 0 radical (unpaired) electrons. The Morgan fingerprint density at radius 1 is 1.22 bits per heavy atom. The minimum Gasteiger partial charge on any atom is -0.424 e. The SMILES string of the molecule is CC(C)c1nnc(C(CN)c2ccccc2F)o1. The zero-order valence-corrected chi connectivity index (χ0v) is 10.4. The summed E-state index contributed by atoms with van der Waals surface area (Å²) in [5, 5.41) is 7.91. The van der Waals surface area contributed by atoms with E-state index < -0.39 is 5.92 Å².